The van der Waals surface area contributed by atoms with Gasteiger partial charge in [-0.25, -0.2) is 0 Å². The normalized spacial score (nSPS) is 21.9. The zero-order chi connectivity index (χ0) is 13.9. The van der Waals surface area contributed by atoms with Crippen molar-refractivity contribution < 1.29 is 9.53 Å². The van der Waals surface area contributed by atoms with Crippen molar-refractivity contribution in [1.82, 2.24) is 5.32 Å². The first-order valence-corrected chi connectivity index (χ1v) is 6.72. The molecule has 1 amide bonds. The summed E-state index contributed by atoms with van der Waals surface area (Å²) in [7, 11) is 0. The number of hydrogen-bond acceptors (Lipinski definition) is 3. The van der Waals surface area contributed by atoms with Gasteiger partial charge in [0.2, 0.25) is 5.91 Å². The molecular formula is C15H22N2O2. The Bertz CT molecular complexity index is 440. The minimum absolute atomic E-state index is 0.0625. The quantitative estimate of drug-likeness (QED) is 0.818. The Hall–Kier alpha value is -1.55. The van der Waals surface area contributed by atoms with Gasteiger partial charge in [-0.05, 0) is 44.4 Å². The summed E-state index contributed by atoms with van der Waals surface area (Å²) in [5.74, 6) is 0.0625. The van der Waals surface area contributed by atoms with Crippen LogP contribution in [0, 0.1) is 0 Å². The second-order valence-electron chi connectivity index (χ2n) is 5.78. The molecule has 1 atom stereocenters. The molecule has 2 rings (SSSR count). The van der Waals surface area contributed by atoms with Crippen LogP contribution in [0.15, 0.2) is 24.3 Å². The number of nitrogens with one attached hydrogen (secondary N) is 1. The third-order valence-electron chi connectivity index (χ3n) is 3.41. The molecule has 0 bridgehead atoms. The van der Waals surface area contributed by atoms with E-state index in [9.17, 15) is 4.79 Å². The van der Waals surface area contributed by atoms with E-state index in [-0.39, 0.29) is 17.6 Å². The Labute approximate surface area is 114 Å². The molecule has 1 heterocycles. The third-order valence-corrected chi connectivity index (χ3v) is 3.41. The fraction of sp³-hybridized carbons (Fsp3) is 0.533. The molecule has 0 saturated carbocycles. The molecule has 0 aromatic heterocycles. The number of carbonyl (C=O) groups is 1. The minimum Gasteiger partial charge on any atom is -0.399 e. The van der Waals surface area contributed by atoms with Crippen molar-refractivity contribution in [3.05, 3.63) is 29.8 Å². The number of hydrogen-bond donors (Lipinski definition) is 2. The average Bonchev–Trinajstić information content (AvgIpc) is 2.30. The van der Waals surface area contributed by atoms with Crippen LogP contribution >= 0.6 is 0 Å². The monoisotopic (exact) mass is 262 g/mol. The standard InChI is InChI=1S/C15H22N2O2/c1-15(2)10-13(7-8-19-15)17-14(18)9-11-3-5-12(16)6-4-11/h3-6,13H,7-10,16H2,1-2H3,(H,17,18). The number of ether oxygens (including phenoxy) is 1. The maximum absolute atomic E-state index is 12.0. The lowest BCUT2D eigenvalue weighted by atomic mass is 9.94. The molecule has 1 fully saturated rings. The number of anilines is 1. The van der Waals surface area contributed by atoms with Crippen LogP contribution in [0.2, 0.25) is 0 Å². The van der Waals surface area contributed by atoms with Crippen LogP contribution in [0.5, 0.6) is 0 Å². The van der Waals surface area contributed by atoms with Gasteiger partial charge in [-0.3, -0.25) is 4.79 Å². The highest BCUT2D eigenvalue weighted by Gasteiger charge is 2.29. The summed E-state index contributed by atoms with van der Waals surface area (Å²) in [4.78, 5) is 12.0. The van der Waals surface area contributed by atoms with E-state index in [2.05, 4.69) is 19.2 Å². The molecule has 4 nitrogen and oxygen atoms in total. The zero-order valence-corrected chi connectivity index (χ0v) is 11.6. The molecule has 3 N–H and O–H groups in total. The average molecular weight is 262 g/mol. The first-order valence-electron chi connectivity index (χ1n) is 6.72. The zero-order valence-electron chi connectivity index (χ0n) is 11.6. The molecule has 1 unspecified atom stereocenters. The van der Waals surface area contributed by atoms with E-state index < -0.39 is 0 Å². The first kappa shape index (κ1) is 13.9. The van der Waals surface area contributed by atoms with Crippen molar-refractivity contribution >= 4 is 11.6 Å². The number of nitrogens with two attached hydrogens (primary N) is 1. The molecule has 1 aliphatic heterocycles. The molecule has 1 aromatic carbocycles. The van der Waals surface area contributed by atoms with Crippen LogP contribution in [-0.2, 0) is 16.0 Å². The van der Waals surface area contributed by atoms with E-state index >= 15 is 0 Å². The van der Waals surface area contributed by atoms with Crippen molar-refractivity contribution in [2.24, 2.45) is 0 Å². The highest BCUT2D eigenvalue weighted by atomic mass is 16.5. The molecule has 4 heteroatoms. The van der Waals surface area contributed by atoms with Gasteiger partial charge in [-0.1, -0.05) is 12.1 Å². The third kappa shape index (κ3) is 4.24. The fourth-order valence-corrected chi connectivity index (χ4v) is 2.45. The van der Waals surface area contributed by atoms with E-state index in [0.717, 1.165) is 24.1 Å². The molecule has 0 spiro atoms. The van der Waals surface area contributed by atoms with Gasteiger partial charge in [0.05, 0.1) is 12.0 Å². The number of benzene rings is 1. The van der Waals surface area contributed by atoms with Crippen molar-refractivity contribution in [3.63, 3.8) is 0 Å². The van der Waals surface area contributed by atoms with Gasteiger partial charge in [0.1, 0.15) is 0 Å². The maximum atomic E-state index is 12.0. The summed E-state index contributed by atoms with van der Waals surface area (Å²) >= 11 is 0. The van der Waals surface area contributed by atoms with Gasteiger partial charge in [0.15, 0.2) is 0 Å². The molecule has 104 valence electrons. The predicted molar refractivity (Wildman–Crippen MR) is 75.8 cm³/mol. The van der Waals surface area contributed by atoms with Crippen molar-refractivity contribution in [2.45, 2.75) is 44.8 Å². The number of carbonyl (C=O) groups excluding carboxylic acids is 1. The van der Waals surface area contributed by atoms with E-state index in [1.165, 1.54) is 0 Å². The topological polar surface area (TPSA) is 64.4 Å². The molecule has 0 radical (unpaired) electrons. The molecule has 1 saturated heterocycles. The Balaban J connectivity index is 1.85. The lowest BCUT2D eigenvalue weighted by molar-refractivity contribution is -0.123. The lowest BCUT2D eigenvalue weighted by Gasteiger charge is -2.35. The summed E-state index contributed by atoms with van der Waals surface area (Å²) in [6.07, 6.45) is 2.15. The summed E-state index contributed by atoms with van der Waals surface area (Å²) in [5, 5.41) is 3.09. The summed E-state index contributed by atoms with van der Waals surface area (Å²) in [5.41, 5.74) is 7.18. The molecular weight excluding hydrogens is 240 g/mol. The van der Waals surface area contributed by atoms with Gasteiger partial charge in [0, 0.05) is 18.3 Å². The molecule has 19 heavy (non-hydrogen) atoms. The van der Waals surface area contributed by atoms with Crippen LogP contribution in [0.25, 0.3) is 0 Å². The Kier molecular flexibility index (Phi) is 4.10. The highest BCUT2D eigenvalue weighted by molar-refractivity contribution is 5.79. The Morgan fingerprint density at radius 2 is 2.11 bits per heavy atom. The number of nitrogen functional groups attached to an aromatic ring is 1. The molecule has 1 aromatic rings. The van der Waals surface area contributed by atoms with Crippen LogP contribution in [0.1, 0.15) is 32.3 Å². The fourth-order valence-electron chi connectivity index (χ4n) is 2.45. The summed E-state index contributed by atoms with van der Waals surface area (Å²) in [6, 6.07) is 7.64. The minimum atomic E-state index is -0.141. The van der Waals surface area contributed by atoms with Crippen molar-refractivity contribution in [3.8, 4) is 0 Å². The number of rotatable bonds is 3. The van der Waals surface area contributed by atoms with Gasteiger partial charge in [-0.2, -0.15) is 0 Å². The number of amides is 1. The van der Waals surface area contributed by atoms with Crippen LogP contribution in [-0.4, -0.2) is 24.2 Å². The maximum Gasteiger partial charge on any atom is 0.224 e. The SMILES string of the molecule is CC1(C)CC(NC(=O)Cc2ccc(N)cc2)CCO1. The Morgan fingerprint density at radius 1 is 1.42 bits per heavy atom. The van der Waals surface area contributed by atoms with Crippen LogP contribution in [0.3, 0.4) is 0 Å². The van der Waals surface area contributed by atoms with Crippen LogP contribution < -0.4 is 11.1 Å². The van der Waals surface area contributed by atoms with Gasteiger partial charge >= 0.3 is 0 Å². The second-order valence-corrected chi connectivity index (χ2v) is 5.78. The van der Waals surface area contributed by atoms with Crippen LogP contribution in [0.4, 0.5) is 5.69 Å². The lowest BCUT2D eigenvalue weighted by Crippen LogP contribution is -2.46. The van der Waals surface area contributed by atoms with Gasteiger partial charge < -0.3 is 15.8 Å². The molecule has 1 aliphatic rings. The van der Waals surface area contributed by atoms with Crippen molar-refractivity contribution in [1.29, 1.82) is 0 Å². The first-order chi connectivity index (χ1) is 8.94. The van der Waals surface area contributed by atoms with Gasteiger partial charge in [-0.15, -0.1) is 0 Å². The van der Waals surface area contributed by atoms with E-state index in [0.29, 0.717) is 13.0 Å². The Morgan fingerprint density at radius 3 is 2.74 bits per heavy atom. The largest absolute Gasteiger partial charge is 0.399 e. The van der Waals surface area contributed by atoms with E-state index in [1.54, 1.807) is 0 Å². The summed E-state index contributed by atoms with van der Waals surface area (Å²) in [6.45, 7) is 4.83. The smallest absolute Gasteiger partial charge is 0.224 e. The summed E-state index contributed by atoms with van der Waals surface area (Å²) < 4.78 is 5.64. The van der Waals surface area contributed by atoms with Gasteiger partial charge in [0.25, 0.3) is 0 Å². The predicted octanol–water partition coefficient (Wildman–Crippen LogP) is 1.89. The highest BCUT2D eigenvalue weighted by Crippen LogP contribution is 2.23. The van der Waals surface area contributed by atoms with E-state index in [4.69, 9.17) is 10.5 Å². The second kappa shape index (κ2) is 5.61. The van der Waals surface area contributed by atoms with E-state index in [1.807, 2.05) is 24.3 Å². The molecule has 0 aliphatic carbocycles. The van der Waals surface area contributed by atoms with Crippen molar-refractivity contribution in [2.75, 3.05) is 12.3 Å².